The van der Waals surface area contributed by atoms with E-state index in [1.807, 2.05) is 0 Å². The molecule has 0 bridgehead atoms. The number of benzene rings is 1. The topological polar surface area (TPSA) is 61.4 Å². The molecule has 3 N–H and O–H groups in total. The van der Waals surface area contributed by atoms with Crippen LogP contribution in [0.25, 0.3) is 0 Å². The second-order valence-electron chi connectivity index (χ2n) is 4.32. The van der Waals surface area contributed by atoms with Crippen LogP contribution in [0.1, 0.15) is 10.4 Å². The Morgan fingerprint density at radius 3 is 3.00 bits per heavy atom. The number of β-amino-alcohol motifs (C(OH)–C–C–N with tert-alkyl or cyclic N) is 1. The molecule has 2 rings (SSSR count). The first-order chi connectivity index (χ1) is 8.58. The highest BCUT2D eigenvalue weighted by Gasteiger charge is 2.25. The van der Waals surface area contributed by atoms with Gasteiger partial charge in [-0.05, 0) is 18.2 Å². The van der Waals surface area contributed by atoms with Crippen molar-refractivity contribution in [2.45, 2.75) is 6.10 Å². The third kappa shape index (κ3) is 2.98. The molecule has 98 valence electrons. The number of aliphatic hydroxyl groups excluding tert-OH is 1. The van der Waals surface area contributed by atoms with E-state index in [0.717, 1.165) is 6.07 Å². The van der Waals surface area contributed by atoms with Gasteiger partial charge in [0.25, 0.3) is 5.91 Å². The molecule has 1 amide bonds. The van der Waals surface area contributed by atoms with Gasteiger partial charge in [-0.15, -0.1) is 0 Å². The van der Waals surface area contributed by atoms with E-state index < -0.39 is 17.8 Å². The molecule has 1 aliphatic rings. The number of carbonyl (C=O) groups excluding carboxylic acids is 1. The zero-order valence-electron chi connectivity index (χ0n) is 9.62. The lowest BCUT2D eigenvalue weighted by atomic mass is 10.1. The van der Waals surface area contributed by atoms with Crippen molar-refractivity contribution < 1.29 is 14.3 Å². The molecule has 0 radical (unpaired) electrons. The number of amides is 1. The first-order valence-corrected chi connectivity index (χ1v) is 6.08. The minimum atomic E-state index is -0.609. The second kappa shape index (κ2) is 5.65. The average molecular weight is 273 g/mol. The first-order valence-electron chi connectivity index (χ1n) is 5.70. The molecule has 2 unspecified atom stereocenters. The summed E-state index contributed by atoms with van der Waals surface area (Å²) in [5, 5.41) is 15.5. The predicted molar refractivity (Wildman–Crippen MR) is 66.1 cm³/mol. The molecule has 0 aromatic heterocycles. The summed E-state index contributed by atoms with van der Waals surface area (Å²) in [7, 11) is 0. The van der Waals surface area contributed by atoms with Gasteiger partial charge in [-0.25, -0.2) is 4.39 Å². The van der Waals surface area contributed by atoms with Crippen LogP contribution < -0.4 is 10.6 Å². The molecule has 1 fully saturated rings. The van der Waals surface area contributed by atoms with Gasteiger partial charge in [0, 0.05) is 30.6 Å². The minimum Gasteiger partial charge on any atom is -0.391 e. The van der Waals surface area contributed by atoms with Crippen molar-refractivity contribution in [1.82, 2.24) is 10.6 Å². The average Bonchev–Trinajstić information content (AvgIpc) is 2.75. The van der Waals surface area contributed by atoms with E-state index in [2.05, 4.69) is 10.6 Å². The summed E-state index contributed by atoms with van der Waals surface area (Å²) in [6.07, 6.45) is -0.477. The Balaban J connectivity index is 1.97. The summed E-state index contributed by atoms with van der Waals surface area (Å²) < 4.78 is 13.4. The predicted octanol–water partition coefficient (Wildman–Crippen LogP) is 0.789. The summed E-state index contributed by atoms with van der Waals surface area (Å²) in [5.41, 5.74) is -0.0806. The highest BCUT2D eigenvalue weighted by Crippen LogP contribution is 2.15. The summed E-state index contributed by atoms with van der Waals surface area (Å²) in [5.74, 6) is -1.17. The lowest BCUT2D eigenvalue weighted by Crippen LogP contribution is -2.34. The van der Waals surface area contributed by atoms with Gasteiger partial charge in [-0.1, -0.05) is 11.6 Å². The molecule has 4 nitrogen and oxygen atoms in total. The Labute approximate surface area is 109 Å². The largest absolute Gasteiger partial charge is 0.391 e. The van der Waals surface area contributed by atoms with Crippen LogP contribution in [-0.2, 0) is 0 Å². The van der Waals surface area contributed by atoms with Gasteiger partial charge in [-0.2, -0.15) is 0 Å². The molecule has 2 atom stereocenters. The molecule has 1 aromatic carbocycles. The quantitative estimate of drug-likeness (QED) is 0.762. The van der Waals surface area contributed by atoms with Gasteiger partial charge in [-0.3, -0.25) is 4.79 Å². The number of aliphatic hydroxyl groups is 1. The molecule has 1 saturated heterocycles. The molecule has 18 heavy (non-hydrogen) atoms. The van der Waals surface area contributed by atoms with Crippen LogP contribution in [0.3, 0.4) is 0 Å². The maximum Gasteiger partial charge on any atom is 0.254 e. The maximum absolute atomic E-state index is 13.4. The Morgan fingerprint density at radius 2 is 2.33 bits per heavy atom. The van der Waals surface area contributed by atoms with E-state index in [9.17, 15) is 14.3 Å². The van der Waals surface area contributed by atoms with Crippen molar-refractivity contribution >= 4 is 17.5 Å². The van der Waals surface area contributed by atoms with Crippen LogP contribution in [0.15, 0.2) is 18.2 Å². The number of hydrogen-bond acceptors (Lipinski definition) is 3. The van der Waals surface area contributed by atoms with Crippen molar-refractivity contribution in [3.63, 3.8) is 0 Å². The molecule has 1 heterocycles. The highest BCUT2D eigenvalue weighted by molar-refractivity contribution is 6.30. The highest BCUT2D eigenvalue weighted by atomic mass is 35.5. The normalized spacial score (nSPS) is 23.1. The van der Waals surface area contributed by atoms with Gasteiger partial charge < -0.3 is 15.7 Å². The van der Waals surface area contributed by atoms with E-state index in [0.29, 0.717) is 24.7 Å². The van der Waals surface area contributed by atoms with Gasteiger partial charge in [0.2, 0.25) is 0 Å². The Bertz CT molecular complexity index is 456. The molecular weight excluding hydrogens is 259 g/mol. The van der Waals surface area contributed by atoms with E-state index in [4.69, 9.17) is 11.6 Å². The lowest BCUT2D eigenvalue weighted by Gasteiger charge is -2.14. The van der Waals surface area contributed by atoms with Crippen molar-refractivity contribution in [2.24, 2.45) is 5.92 Å². The smallest absolute Gasteiger partial charge is 0.254 e. The number of carbonyl (C=O) groups is 1. The lowest BCUT2D eigenvalue weighted by molar-refractivity contribution is 0.0923. The number of halogens is 2. The number of rotatable bonds is 3. The molecule has 0 saturated carbocycles. The molecular formula is C12H14ClFN2O2. The molecule has 0 aliphatic carbocycles. The zero-order valence-corrected chi connectivity index (χ0v) is 10.4. The van der Waals surface area contributed by atoms with Crippen LogP contribution >= 0.6 is 11.6 Å². The van der Waals surface area contributed by atoms with Crippen molar-refractivity contribution in [3.8, 4) is 0 Å². The first kappa shape index (κ1) is 13.3. The SMILES string of the molecule is O=C(NCC1CNCC1O)c1cc(Cl)ccc1F. The van der Waals surface area contributed by atoms with E-state index in [-0.39, 0.29) is 11.5 Å². The third-order valence-corrected chi connectivity index (χ3v) is 3.24. The second-order valence-corrected chi connectivity index (χ2v) is 4.76. The minimum absolute atomic E-state index is 0.0452. The molecule has 0 spiro atoms. The number of hydrogen-bond donors (Lipinski definition) is 3. The fourth-order valence-electron chi connectivity index (χ4n) is 1.92. The molecule has 1 aromatic rings. The van der Waals surface area contributed by atoms with Crippen molar-refractivity contribution in [2.75, 3.05) is 19.6 Å². The summed E-state index contributed by atoms with van der Waals surface area (Å²) in [6, 6.07) is 3.83. The molecule has 6 heteroatoms. The zero-order chi connectivity index (χ0) is 13.1. The monoisotopic (exact) mass is 272 g/mol. The fraction of sp³-hybridized carbons (Fsp3) is 0.417. The van der Waals surface area contributed by atoms with Gasteiger partial charge in [0.05, 0.1) is 11.7 Å². The third-order valence-electron chi connectivity index (χ3n) is 3.00. The van der Waals surface area contributed by atoms with Crippen LogP contribution in [-0.4, -0.2) is 36.8 Å². The summed E-state index contributed by atoms with van der Waals surface area (Å²) in [6.45, 7) is 1.46. The summed E-state index contributed by atoms with van der Waals surface area (Å²) >= 11 is 5.71. The van der Waals surface area contributed by atoms with Crippen LogP contribution in [0, 0.1) is 11.7 Å². The Kier molecular flexibility index (Phi) is 4.16. The Hall–Kier alpha value is -1.17. The maximum atomic E-state index is 13.4. The fourth-order valence-corrected chi connectivity index (χ4v) is 2.09. The van der Waals surface area contributed by atoms with Crippen LogP contribution in [0.5, 0.6) is 0 Å². The van der Waals surface area contributed by atoms with E-state index in [1.54, 1.807) is 0 Å². The standard InChI is InChI=1S/C12H14ClFN2O2/c13-8-1-2-10(14)9(3-8)12(18)16-5-7-4-15-6-11(7)17/h1-3,7,11,15,17H,4-6H2,(H,16,18). The molecule has 1 aliphatic heterocycles. The van der Waals surface area contributed by atoms with Crippen LogP contribution in [0.2, 0.25) is 5.02 Å². The van der Waals surface area contributed by atoms with Crippen molar-refractivity contribution in [1.29, 1.82) is 0 Å². The van der Waals surface area contributed by atoms with E-state index in [1.165, 1.54) is 12.1 Å². The Morgan fingerprint density at radius 1 is 1.56 bits per heavy atom. The van der Waals surface area contributed by atoms with Gasteiger partial charge in [0.15, 0.2) is 0 Å². The van der Waals surface area contributed by atoms with Crippen molar-refractivity contribution in [3.05, 3.63) is 34.6 Å². The van der Waals surface area contributed by atoms with Gasteiger partial charge in [0.1, 0.15) is 5.82 Å². The summed E-state index contributed by atoms with van der Waals surface area (Å²) in [4.78, 5) is 11.8. The van der Waals surface area contributed by atoms with E-state index >= 15 is 0 Å². The number of nitrogens with one attached hydrogen (secondary N) is 2. The van der Waals surface area contributed by atoms with Crippen LogP contribution in [0.4, 0.5) is 4.39 Å². The van der Waals surface area contributed by atoms with Gasteiger partial charge >= 0.3 is 0 Å².